The molecule has 0 aliphatic heterocycles. The number of hydrogen-bond donors (Lipinski definition) is 2. The Morgan fingerprint density at radius 1 is 1.33 bits per heavy atom. The van der Waals surface area contributed by atoms with Crippen molar-refractivity contribution >= 4 is 35.3 Å². The molecule has 0 atom stereocenters. The smallest absolute Gasteiger partial charge is 0.320 e. The number of alkyl halides is 2. The van der Waals surface area contributed by atoms with Crippen LogP contribution < -0.4 is 0 Å². The molecule has 1 aromatic rings. The number of thioether (sulfide) groups is 1. The molecule has 1 saturated carbocycles. The SMILES string of the molecule is O=P(O)(O)C(F)(F)c1ccc(CSC2CCCC2)cc1Br. The Morgan fingerprint density at radius 3 is 2.48 bits per heavy atom. The van der Waals surface area contributed by atoms with Gasteiger partial charge in [0, 0.05) is 21.0 Å². The summed E-state index contributed by atoms with van der Waals surface area (Å²) in [5, 5.41) is 0.625. The van der Waals surface area contributed by atoms with E-state index in [0.29, 0.717) is 11.0 Å². The Kier molecular flexibility index (Phi) is 5.53. The van der Waals surface area contributed by atoms with Gasteiger partial charge in [0.1, 0.15) is 0 Å². The van der Waals surface area contributed by atoms with Crippen LogP contribution in [-0.4, -0.2) is 15.0 Å². The van der Waals surface area contributed by atoms with E-state index >= 15 is 0 Å². The number of halogens is 3. The van der Waals surface area contributed by atoms with Crippen molar-refractivity contribution in [2.45, 2.75) is 42.3 Å². The predicted molar refractivity (Wildman–Crippen MR) is 83.6 cm³/mol. The molecule has 1 fully saturated rings. The zero-order valence-electron chi connectivity index (χ0n) is 11.1. The summed E-state index contributed by atoms with van der Waals surface area (Å²) in [5.74, 6) is 0.713. The molecule has 0 amide bonds. The Balaban J connectivity index is 2.12. The molecule has 3 nitrogen and oxygen atoms in total. The van der Waals surface area contributed by atoms with E-state index < -0.39 is 18.8 Å². The van der Waals surface area contributed by atoms with E-state index in [-0.39, 0.29) is 4.47 Å². The van der Waals surface area contributed by atoms with Crippen LogP contribution in [0.3, 0.4) is 0 Å². The highest BCUT2D eigenvalue weighted by Gasteiger charge is 2.51. The molecule has 0 spiro atoms. The van der Waals surface area contributed by atoms with Gasteiger partial charge in [0.05, 0.1) is 0 Å². The topological polar surface area (TPSA) is 57.5 Å². The number of benzene rings is 1. The van der Waals surface area contributed by atoms with Crippen LogP contribution in [0, 0.1) is 0 Å². The molecule has 1 aliphatic rings. The van der Waals surface area contributed by atoms with Crippen molar-refractivity contribution < 1.29 is 23.1 Å². The molecule has 0 radical (unpaired) electrons. The third kappa shape index (κ3) is 4.08. The molecule has 0 bridgehead atoms. The second-order valence-electron chi connectivity index (χ2n) is 5.12. The highest BCUT2D eigenvalue weighted by Crippen LogP contribution is 2.60. The van der Waals surface area contributed by atoms with Crippen LogP contribution in [0.1, 0.15) is 36.8 Å². The fraction of sp³-hybridized carbons (Fsp3) is 0.538. The second kappa shape index (κ2) is 6.67. The molecular formula is C13H16BrF2O3PS. The number of hydrogen-bond acceptors (Lipinski definition) is 2. The van der Waals surface area contributed by atoms with Gasteiger partial charge in [-0.3, -0.25) is 4.57 Å². The minimum atomic E-state index is -5.53. The Morgan fingerprint density at radius 2 is 1.95 bits per heavy atom. The van der Waals surface area contributed by atoms with Crippen LogP contribution in [0.2, 0.25) is 0 Å². The first-order chi connectivity index (χ1) is 9.72. The van der Waals surface area contributed by atoms with Crippen LogP contribution >= 0.6 is 35.3 Å². The van der Waals surface area contributed by atoms with Gasteiger partial charge in [-0.15, -0.1) is 0 Å². The quantitative estimate of drug-likeness (QED) is 0.693. The van der Waals surface area contributed by atoms with Gasteiger partial charge in [0.2, 0.25) is 0 Å². The lowest BCUT2D eigenvalue weighted by atomic mass is 10.1. The maximum absolute atomic E-state index is 13.7. The first-order valence-electron chi connectivity index (χ1n) is 6.56. The van der Waals surface area contributed by atoms with Crippen LogP contribution in [0.5, 0.6) is 0 Å². The van der Waals surface area contributed by atoms with Gasteiger partial charge in [0.15, 0.2) is 0 Å². The van der Waals surface area contributed by atoms with E-state index in [9.17, 15) is 13.3 Å². The van der Waals surface area contributed by atoms with Gasteiger partial charge in [-0.05, 0) is 24.5 Å². The monoisotopic (exact) mass is 400 g/mol. The molecule has 8 heteroatoms. The van der Waals surface area contributed by atoms with Crippen LogP contribution in [-0.2, 0) is 16.0 Å². The second-order valence-corrected chi connectivity index (χ2v) is 8.91. The Hall–Kier alpha value is 0.0600. The summed E-state index contributed by atoms with van der Waals surface area (Å²) in [7, 11) is -5.53. The third-order valence-electron chi connectivity index (χ3n) is 3.51. The molecule has 0 saturated heterocycles. The molecule has 0 aromatic heterocycles. The molecular weight excluding hydrogens is 385 g/mol. The van der Waals surface area contributed by atoms with E-state index in [1.165, 1.54) is 37.8 Å². The van der Waals surface area contributed by atoms with Crippen molar-refractivity contribution in [3.05, 3.63) is 33.8 Å². The van der Waals surface area contributed by atoms with Crippen molar-refractivity contribution in [3.8, 4) is 0 Å². The van der Waals surface area contributed by atoms with Gasteiger partial charge in [-0.1, -0.05) is 40.9 Å². The van der Waals surface area contributed by atoms with E-state index in [1.54, 1.807) is 11.8 Å². The lowest BCUT2D eigenvalue weighted by Crippen LogP contribution is -2.14. The van der Waals surface area contributed by atoms with Crippen LogP contribution in [0.15, 0.2) is 22.7 Å². The van der Waals surface area contributed by atoms with Gasteiger partial charge in [0.25, 0.3) is 0 Å². The van der Waals surface area contributed by atoms with Crippen molar-refractivity contribution in [3.63, 3.8) is 0 Å². The lowest BCUT2D eigenvalue weighted by Gasteiger charge is -2.19. The molecule has 118 valence electrons. The maximum Gasteiger partial charge on any atom is 0.399 e. The van der Waals surface area contributed by atoms with Crippen molar-refractivity contribution in [1.29, 1.82) is 0 Å². The Bertz CT molecular complexity index is 558. The maximum atomic E-state index is 13.7. The zero-order chi connectivity index (χ0) is 15.7. The van der Waals surface area contributed by atoms with E-state index in [1.807, 2.05) is 0 Å². The highest BCUT2D eigenvalue weighted by atomic mass is 79.9. The van der Waals surface area contributed by atoms with E-state index in [0.717, 1.165) is 11.6 Å². The predicted octanol–water partition coefficient (Wildman–Crippen LogP) is 4.85. The standard InChI is InChI=1S/C13H16BrF2O3PS/c14-12-7-9(8-21-10-3-1-2-4-10)5-6-11(12)13(15,16)20(17,18)19/h5-7,10H,1-4,8H2,(H2,17,18,19). The fourth-order valence-electron chi connectivity index (χ4n) is 2.32. The number of rotatable bonds is 5. The van der Waals surface area contributed by atoms with Crippen molar-refractivity contribution in [1.82, 2.24) is 0 Å². The summed E-state index contributed by atoms with van der Waals surface area (Å²) in [5.41, 5.74) is -3.99. The molecule has 1 aromatic carbocycles. The van der Waals surface area contributed by atoms with Crippen LogP contribution in [0.25, 0.3) is 0 Å². The molecule has 21 heavy (non-hydrogen) atoms. The van der Waals surface area contributed by atoms with Gasteiger partial charge in [-0.25, -0.2) is 0 Å². The van der Waals surface area contributed by atoms with Crippen LogP contribution in [0.4, 0.5) is 8.78 Å². The van der Waals surface area contributed by atoms with Gasteiger partial charge >= 0.3 is 13.3 Å². The molecule has 0 unspecified atom stereocenters. The molecule has 2 N–H and O–H groups in total. The molecule has 0 heterocycles. The van der Waals surface area contributed by atoms with Gasteiger partial charge < -0.3 is 9.79 Å². The van der Waals surface area contributed by atoms with Crippen molar-refractivity contribution in [2.75, 3.05) is 0 Å². The summed E-state index contributed by atoms with van der Waals surface area (Å²) in [4.78, 5) is 17.6. The summed E-state index contributed by atoms with van der Waals surface area (Å²) >= 11 is 4.80. The summed E-state index contributed by atoms with van der Waals surface area (Å²) in [6.45, 7) is 0. The highest BCUT2D eigenvalue weighted by molar-refractivity contribution is 9.10. The zero-order valence-corrected chi connectivity index (χ0v) is 14.4. The first-order valence-corrected chi connectivity index (χ1v) is 10.0. The van der Waals surface area contributed by atoms with E-state index in [4.69, 9.17) is 9.79 Å². The fourth-order valence-corrected chi connectivity index (χ4v) is 4.93. The molecule has 2 rings (SSSR count). The van der Waals surface area contributed by atoms with Crippen molar-refractivity contribution in [2.24, 2.45) is 0 Å². The average Bonchev–Trinajstić information content (AvgIpc) is 2.87. The third-order valence-corrected chi connectivity index (χ3v) is 6.58. The van der Waals surface area contributed by atoms with Gasteiger partial charge in [-0.2, -0.15) is 20.5 Å². The summed E-state index contributed by atoms with van der Waals surface area (Å²) in [6, 6.07) is 4.11. The largest absolute Gasteiger partial charge is 0.399 e. The summed E-state index contributed by atoms with van der Waals surface area (Å²) < 4.78 is 38.3. The lowest BCUT2D eigenvalue weighted by molar-refractivity contribution is 0.0557. The Labute approximate surface area is 134 Å². The minimum absolute atomic E-state index is 0.0281. The minimum Gasteiger partial charge on any atom is -0.320 e. The average molecular weight is 401 g/mol. The summed E-state index contributed by atoms with van der Waals surface area (Å²) in [6.07, 6.45) is 4.88. The van der Waals surface area contributed by atoms with E-state index in [2.05, 4.69) is 15.9 Å². The first kappa shape index (κ1) is 17.4. The normalized spacial score (nSPS) is 17.4. The molecule has 1 aliphatic carbocycles.